The number of halogens is 3. The molecule has 3 rings (SSSR count). The van der Waals surface area contributed by atoms with Crippen LogP contribution in [0.25, 0.3) is 0 Å². The molecule has 10 heteroatoms. The van der Waals surface area contributed by atoms with Gasteiger partial charge in [-0.2, -0.15) is 13.2 Å². The number of amides is 1. The van der Waals surface area contributed by atoms with Crippen LogP contribution in [0.1, 0.15) is 57.8 Å². The Balaban J connectivity index is 0.000000423. The van der Waals surface area contributed by atoms with Gasteiger partial charge in [0.25, 0.3) is 0 Å². The van der Waals surface area contributed by atoms with E-state index < -0.39 is 23.5 Å². The lowest BCUT2D eigenvalue weighted by molar-refractivity contribution is -0.192. The smallest absolute Gasteiger partial charge is 0.480 e. The molecule has 0 aromatic rings. The van der Waals surface area contributed by atoms with Crippen molar-refractivity contribution in [3.63, 3.8) is 0 Å². The minimum Gasteiger partial charge on any atom is -0.480 e. The van der Waals surface area contributed by atoms with Gasteiger partial charge in [0.05, 0.1) is 0 Å². The van der Waals surface area contributed by atoms with E-state index >= 15 is 0 Å². The second-order valence-electron chi connectivity index (χ2n) is 9.17. The summed E-state index contributed by atoms with van der Waals surface area (Å²) in [6.07, 6.45) is 3.51. The molecule has 1 heterocycles. The van der Waals surface area contributed by atoms with Crippen LogP contribution in [0.4, 0.5) is 13.2 Å². The molecule has 0 radical (unpaired) electrons. The summed E-state index contributed by atoms with van der Waals surface area (Å²) in [7, 11) is 2.17. The van der Waals surface area contributed by atoms with Crippen molar-refractivity contribution in [3.05, 3.63) is 0 Å². The maximum atomic E-state index is 13.1. The van der Waals surface area contributed by atoms with E-state index in [-0.39, 0.29) is 5.91 Å². The van der Waals surface area contributed by atoms with Crippen molar-refractivity contribution in [1.82, 2.24) is 9.80 Å². The van der Waals surface area contributed by atoms with Crippen LogP contribution < -0.4 is 0 Å². The first-order valence-corrected chi connectivity index (χ1v) is 11.0. The summed E-state index contributed by atoms with van der Waals surface area (Å²) in [5.41, 5.74) is -1.15. The van der Waals surface area contributed by atoms with Crippen LogP contribution in [-0.4, -0.2) is 77.3 Å². The topological polar surface area (TPSA) is 98.2 Å². The molecule has 2 aliphatic carbocycles. The summed E-state index contributed by atoms with van der Waals surface area (Å²) < 4.78 is 31.7. The van der Waals surface area contributed by atoms with E-state index in [1.54, 1.807) is 0 Å². The van der Waals surface area contributed by atoms with Gasteiger partial charge in [0.2, 0.25) is 5.91 Å². The molecular formula is C21H33F3N2O5. The first-order valence-electron chi connectivity index (χ1n) is 11.0. The Morgan fingerprint density at radius 1 is 0.968 bits per heavy atom. The van der Waals surface area contributed by atoms with E-state index in [1.165, 1.54) is 19.4 Å². The Morgan fingerprint density at radius 3 is 1.94 bits per heavy atom. The SMILES string of the molecule is CN(CC1CC1)CC1CCN(C(=O)C2(C(=O)O)CCCCCC2)C1.O=C(O)C(F)(F)F. The molecule has 2 N–H and O–H groups in total. The third-order valence-electron chi connectivity index (χ3n) is 6.43. The number of aliphatic carboxylic acids is 2. The Labute approximate surface area is 180 Å². The molecule has 1 atom stereocenters. The van der Waals surface area contributed by atoms with E-state index in [0.29, 0.717) is 18.8 Å². The molecule has 31 heavy (non-hydrogen) atoms. The highest BCUT2D eigenvalue weighted by molar-refractivity contribution is 6.02. The van der Waals surface area contributed by atoms with Crippen molar-refractivity contribution in [2.24, 2.45) is 17.3 Å². The fourth-order valence-corrected chi connectivity index (χ4v) is 4.58. The maximum Gasteiger partial charge on any atom is 0.490 e. The molecule has 178 valence electrons. The number of nitrogens with zero attached hydrogens (tertiary/aromatic N) is 2. The zero-order valence-corrected chi connectivity index (χ0v) is 18.0. The van der Waals surface area contributed by atoms with Gasteiger partial charge in [-0.05, 0) is 51.0 Å². The summed E-state index contributed by atoms with van der Waals surface area (Å²) in [5, 5.41) is 16.9. The van der Waals surface area contributed by atoms with Crippen molar-refractivity contribution in [3.8, 4) is 0 Å². The number of likely N-dealkylation sites (tertiary alicyclic amines) is 1. The Hall–Kier alpha value is -1.84. The average Bonchev–Trinajstić information content (AvgIpc) is 3.42. The van der Waals surface area contributed by atoms with Crippen LogP contribution in [0.2, 0.25) is 0 Å². The molecule has 0 bridgehead atoms. The largest absolute Gasteiger partial charge is 0.490 e. The number of carboxylic acid groups (broad SMARTS) is 2. The highest BCUT2D eigenvalue weighted by Crippen LogP contribution is 2.38. The number of alkyl halides is 3. The van der Waals surface area contributed by atoms with Gasteiger partial charge in [0.15, 0.2) is 0 Å². The summed E-state index contributed by atoms with van der Waals surface area (Å²) in [5.74, 6) is -2.38. The fourth-order valence-electron chi connectivity index (χ4n) is 4.58. The molecule has 1 unspecified atom stereocenters. The van der Waals surface area contributed by atoms with Gasteiger partial charge in [-0.3, -0.25) is 9.59 Å². The molecule has 0 aromatic heterocycles. The molecule has 2 saturated carbocycles. The van der Waals surface area contributed by atoms with E-state index in [2.05, 4.69) is 11.9 Å². The summed E-state index contributed by atoms with van der Waals surface area (Å²) in [6.45, 7) is 3.67. The molecule has 3 aliphatic rings. The standard InChI is InChI=1S/C19H32N2O3.C2HF3O2/c1-20(12-15-6-7-15)13-16-8-11-21(14-16)17(22)19(18(23)24)9-4-2-3-5-10-19;3-2(4,5)1(6)7/h15-16H,2-14H2,1H3,(H,23,24);(H,6,7). The second kappa shape index (κ2) is 10.7. The Kier molecular flexibility index (Phi) is 8.73. The van der Waals surface area contributed by atoms with Crippen molar-refractivity contribution >= 4 is 17.8 Å². The molecule has 0 spiro atoms. The number of hydrogen-bond acceptors (Lipinski definition) is 4. The van der Waals surface area contributed by atoms with Gasteiger partial charge < -0.3 is 20.0 Å². The fraction of sp³-hybridized carbons (Fsp3) is 0.857. The first kappa shape index (κ1) is 25.4. The van der Waals surface area contributed by atoms with Crippen molar-refractivity contribution in [2.75, 3.05) is 33.2 Å². The monoisotopic (exact) mass is 450 g/mol. The maximum absolute atomic E-state index is 13.1. The third-order valence-corrected chi connectivity index (χ3v) is 6.43. The average molecular weight is 450 g/mol. The van der Waals surface area contributed by atoms with Gasteiger partial charge in [-0.1, -0.05) is 25.7 Å². The van der Waals surface area contributed by atoms with Crippen LogP contribution in [0.3, 0.4) is 0 Å². The van der Waals surface area contributed by atoms with Crippen molar-refractivity contribution in [2.45, 2.75) is 64.0 Å². The quantitative estimate of drug-likeness (QED) is 0.476. The van der Waals surface area contributed by atoms with Crippen molar-refractivity contribution < 1.29 is 37.8 Å². The third kappa shape index (κ3) is 7.36. The summed E-state index contributed by atoms with van der Waals surface area (Å²) in [6, 6.07) is 0. The zero-order chi connectivity index (χ0) is 23.2. The number of rotatable bonds is 6. The van der Waals surface area contributed by atoms with Crippen LogP contribution in [0.5, 0.6) is 0 Å². The van der Waals surface area contributed by atoms with E-state index in [9.17, 15) is 27.9 Å². The second-order valence-corrected chi connectivity index (χ2v) is 9.17. The minimum absolute atomic E-state index is 0.107. The van der Waals surface area contributed by atoms with Gasteiger partial charge in [-0.15, -0.1) is 0 Å². The minimum atomic E-state index is -5.08. The van der Waals surface area contributed by atoms with Gasteiger partial charge in [0, 0.05) is 26.2 Å². The van der Waals surface area contributed by atoms with Crippen LogP contribution >= 0.6 is 0 Å². The highest BCUT2D eigenvalue weighted by Gasteiger charge is 2.49. The highest BCUT2D eigenvalue weighted by atomic mass is 19.4. The van der Waals surface area contributed by atoms with Crippen LogP contribution in [0, 0.1) is 17.3 Å². The Morgan fingerprint density at radius 2 is 1.48 bits per heavy atom. The van der Waals surface area contributed by atoms with Crippen LogP contribution in [-0.2, 0) is 14.4 Å². The lowest BCUT2D eigenvalue weighted by atomic mass is 9.79. The zero-order valence-electron chi connectivity index (χ0n) is 18.0. The van der Waals surface area contributed by atoms with Gasteiger partial charge in [0.1, 0.15) is 5.41 Å². The summed E-state index contributed by atoms with van der Waals surface area (Å²) in [4.78, 5) is 38.2. The number of carbonyl (C=O) groups is 3. The van der Waals surface area contributed by atoms with E-state index in [1.807, 2.05) is 4.90 Å². The summed E-state index contributed by atoms with van der Waals surface area (Å²) >= 11 is 0. The first-order chi connectivity index (χ1) is 14.5. The Bertz CT molecular complexity index is 643. The molecule has 0 aromatic carbocycles. The number of hydrogen-bond donors (Lipinski definition) is 2. The van der Waals surface area contributed by atoms with E-state index in [4.69, 9.17) is 9.90 Å². The number of carbonyl (C=O) groups excluding carboxylic acids is 1. The predicted octanol–water partition coefficient (Wildman–Crippen LogP) is 3.24. The molecule has 1 saturated heterocycles. The molecule has 1 amide bonds. The molecule has 7 nitrogen and oxygen atoms in total. The molecule has 3 fully saturated rings. The molecule has 1 aliphatic heterocycles. The van der Waals surface area contributed by atoms with E-state index in [0.717, 1.165) is 57.7 Å². The predicted molar refractivity (Wildman–Crippen MR) is 106 cm³/mol. The van der Waals surface area contributed by atoms with Gasteiger partial charge >= 0.3 is 18.1 Å². The lowest BCUT2D eigenvalue weighted by Gasteiger charge is -2.31. The number of carboxylic acids is 2. The van der Waals surface area contributed by atoms with Crippen molar-refractivity contribution in [1.29, 1.82) is 0 Å². The molecular weight excluding hydrogens is 417 g/mol. The lowest BCUT2D eigenvalue weighted by Crippen LogP contribution is -2.48. The normalized spacial score (nSPS) is 23.6. The van der Waals surface area contributed by atoms with Crippen LogP contribution in [0.15, 0.2) is 0 Å². The van der Waals surface area contributed by atoms with Gasteiger partial charge in [-0.25, -0.2) is 4.79 Å².